The van der Waals surface area contributed by atoms with E-state index in [4.69, 9.17) is 10.5 Å². The average molecular weight is 424 g/mol. The van der Waals surface area contributed by atoms with Crippen molar-refractivity contribution in [2.75, 3.05) is 43.1 Å². The van der Waals surface area contributed by atoms with Crippen molar-refractivity contribution in [1.29, 1.82) is 0 Å². The summed E-state index contributed by atoms with van der Waals surface area (Å²) in [6, 6.07) is 2.71. The molecule has 2 aliphatic rings. The lowest BCUT2D eigenvalue weighted by Gasteiger charge is -2.29. The quantitative estimate of drug-likeness (QED) is 0.585. The highest BCUT2D eigenvalue weighted by Gasteiger charge is 2.35. The highest BCUT2D eigenvalue weighted by atomic mass is 19.3. The number of likely N-dealkylation sites (N-methyl/N-ethyl adjacent to an activating group) is 1. The van der Waals surface area contributed by atoms with Gasteiger partial charge >= 0.3 is 0 Å². The maximum atomic E-state index is 13.7. The highest BCUT2D eigenvalue weighted by molar-refractivity contribution is 6.10. The summed E-state index contributed by atoms with van der Waals surface area (Å²) in [5.41, 5.74) is 5.20. The summed E-state index contributed by atoms with van der Waals surface area (Å²) in [5.74, 6) is -1.49. The molecule has 3 amide bonds. The van der Waals surface area contributed by atoms with Crippen LogP contribution >= 0.6 is 0 Å². The van der Waals surface area contributed by atoms with Crippen LogP contribution in [-0.2, 0) is 19.1 Å². The van der Waals surface area contributed by atoms with Crippen LogP contribution in [-0.4, -0.2) is 61.5 Å². The minimum Gasteiger partial charge on any atom is -0.370 e. The topological polar surface area (TPSA) is 105 Å². The van der Waals surface area contributed by atoms with Crippen LogP contribution in [0.1, 0.15) is 31.8 Å². The molecular formula is C20H26F2N4O4. The van der Waals surface area contributed by atoms with Crippen molar-refractivity contribution in [3.8, 4) is 0 Å². The summed E-state index contributed by atoms with van der Waals surface area (Å²) in [4.78, 5) is 39.8. The summed E-state index contributed by atoms with van der Waals surface area (Å²) in [7, 11) is 0. The Morgan fingerprint density at radius 2 is 2.10 bits per heavy atom. The van der Waals surface area contributed by atoms with Gasteiger partial charge in [-0.1, -0.05) is 6.92 Å². The molecule has 0 unspecified atom stereocenters. The molecule has 164 valence electrons. The number of hydrogen-bond donors (Lipinski definition) is 2. The zero-order valence-corrected chi connectivity index (χ0v) is 16.8. The molecule has 1 aromatic rings. The molecular weight excluding hydrogens is 398 g/mol. The van der Waals surface area contributed by atoms with Crippen LogP contribution in [0.2, 0.25) is 0 Å². The van der Waals surface area contributed by atoms with Crippen LogP contribution < -0.4 is 16.0 Å². The van der Waals surface area contributed by atoms with Gasteiger partial charge in [0, 0.05) is 30.0 Å². The van der Waals surface area contributed by atoms with E-state index < -0.39 is 29.8 Å². The van der Waals surface area contributed by atoms with Gasteiger partial charge in [-0.3, -0.25) is 19.3 Å². The maximum absolute atomic E-state index is 13.7. The van der Waals surface area contributed by atoms with Gasteiger partial charge in [-0.25, -0.2) is 8.78 Å². The monoisotopic (exact) mass is 424 g/mol. The van der Waals surface area contributed by atoms with Crippen molar-refractivity contribution >= 4 is 29.1 Å². The third kappa shape index (κ3) is 5.11. The number of ether oxygens (including phenoxy) is 1. The fourth-order valence-electron chi connectivity index (χ4n) is 3.53. The Balaban J connectivity index is 1.82. The minimum atomic E-state index is -2.89. The van der Waals surface area contributed by atoms with E-state index >= 15 is 0 Å². The first kappa shape index (κ1) is 22.1. The summed E-state index contributed by atoms with van der Waals surface area (Å²) in [5, 5.41) is 2.43. The van der Waals surface area contributed by atoms with Crippen LogP contribution in [0, 0.1) is 5.92 Å². The molecule has 10 heteroatoms. The van der Waals surface area contributed by atoms with Crippen LogP contribution in [0.4, 0.5) is 20.2 Å². The zero-order chi connectivity index (χ0) is 21.8. The first-order chi connectivity index (χ1) is 14.3. The maximum Gasteiger partial charge on any atom is 0.265 e. The van der Waals surface area contributed by atoms with Crippen LogP contribution in [0.15, 0.2) is 18.2 Å². The van der Waals surface area contributed by atoms with E-state index in [0.29, 0.717) is 31.3 Å². The number of nitrogens with zero attached hydrogens (tertiary/aromatic N) is 2. The molecule has 3 rings (SSSR count). The number of halogens is 2. The van der Waals surface area contributed by atoms with Gasteiger partial charge in [-0.15, -0.1) is 0 Å². The number of nitrogens with two attached hydrogens (primary N) is 1. The summed E-state index contributed by atoms with van der Waals surface area (Å²) in [6.45, 7) is 3.24. The van der Waals surface area contributed by atoms with Gasteiger partial charge in [0.2, 0.25) is 5.91 Å². The van der Waals surface area contributed by atoms with Gasteiger partial charge in [-0.2, -0.15) is 0 Å². The third-order valence-electron chi connectivity index (χ3n) is 5.30. The van der Waals surface area contributed by atoms with Crippen LogP contribution in [0.5, 0.6) is 0 Å². The molecule has 1 heterocycles. The first-order valence-corrected chi connectivity index (χ1v) is 9.96. The summed E-state index contributed by atoms with van der Waals surface area (Å²) >= 11 is 0. The number of hydrogen-bond acceptors (Lipinski definition) is 5. The minimum absolute atomic E-state index is 0.114. The lowest BCUT2D eigenvalue weighted by Crippen LogP contribution is -2.52. The fourth-order valence-corrected chi connectivity index (χ4v) is 3.53. The summed E-state index contributed by atoms with van der Waals surface area (Å²) in [6.07, 6.45) is -0.834. The van der Waals surface area contributed by atoms with E-state index in [0.717, 1.165) is 12.8 Å². The summed E-state index contributed by atoms with van der Waals surface area (Å²) < 4.78 is 32.5. The molecule has 2 fully saturated rings. The lowest BCUT2D eigenvalue weighted by atomic mass is 10.1. The number of alkyl halides is 2. The average Bonchev–Trinajstić information content (AvgIpc) is 3.52. The lowest BCUT2D eigenvalue weighted by molar-refractivity contribution is -0.132. The Morgan fingerprint density at radius 3 is 2.67 bits per heavy atom. The second kappa shape index (κ2) is 9.48. The molecule has 1 saturated heterocycles. The van der Waals surface area contributed by atoms with E-state index in [1.165, 1.54) is 23.1 Å². The van der Waals surface area contributed by atoms with Crippen molar-refractivity contribution in [2.45, 2.75) is 32.2 Å². The molecule has 0 radical (unpaired) electrons. The number of primary amides is 1. The zero-order valence-electron chi connectivity index (χ0n) is 16.8. The molecule has 30 heavy (non-hydrogen) atoms. The Morgan fingerprint density at radius 1 is 1.37 bits per heavy atom. The SMILES string of the molecule is CCN(CC1CC1)[C@H](C(N)=O)C(=O)Nc1ccc(N2CCOCC2=O)cc1C(F)F. The molecule has 8 nitrogen and oxygen atoms in total. The predicted octanol–water partition coefficient (Wildman–Crippen LogP) is 1.51. The number of carbonyl (C=O) groups excluding carboxylic acids is 3. The molecule has 1 aliphatic carbocycles. The van der Waals surface area contributed by atoms with E-state index in [2.05, 4.69) is 5.32 Å². The van der Waals surface area contributed by atoms with E-state index in [1.54, 1.807) is 4.90 Å². The Hall–Kier alpha value is -2.59. The van der Waals surface area contributed by atoms with Crippen molar-refractivity contribution < 1.29 is 27.9 Å². The normalized spacial score (nSPS) is 18.0. The molecule has 0 aromatic heterocycles. The first-order valence-electron chi connectivity index (χ1n) is 9.96. The molecule has 1 aromatic carbocycles. The number of amides is 3. The second-order valence-electron chi connectivity index (χ2n) is 7.50. The standard InChI is InChI=1S/C20H26F2N4O4/c1-2-25(10-12-3-4-12)17(19(23)28)20(29)24-15-6-5-13(9-14(15)18(21)22)26-7-8-30-11-16(26)27/h5-6,9,12,17-18H,2-4,7-8,10-11H2,1H3,(H2,23,28)(H,24,29)/t17-/m1/s1. The van der Waals surface area contributed by atoms with Crippen molar-refractivity contribution in [3.05, 3.63) is 23.8 Å². The highest BCUT2D eigenvalue weighted by Crippen LogP contribution is 2.33. The Bertz CT molecular complexity index is 816. The predicted molar refractivity (Wildman–Crippen MR) is 106 cm³/mol. The molecule has 1 aliphatic heterocycles. The number of anilines is 2. The fraction of sp³-hybridized carbons (Fsp3) is 0.550. The van der Waals surface area contributed by atoms with Gasteiger partial charge < -0.3 is 20.7 Å². The number of benzene rings is 1. The Kier molecular flexibility index (Phi) is 6.99. The third-order valence-corrected chi connectivity index (χ3v) is 5.30. The van der Waals surface area contributed by atoms with Crippen molar-refractivity contribution in [1.82, 2.24) is 4.90 Å². The molecule has 3 N–H and O–H groups in total. The number of carbonyl (C=O) groups is 3. The van der Waals surface area contributed by atoms with Gasteiger partial charge in [0.05, 0.1) is 6.61 Å². The van der Waals surface area contributed by atoms with Crippen LogP contribution in [0.3, 0.4) is 0 Å². The largest absolute Gasteiger partial charge is 0.370 e. The van der Waals surface area contributed by atoms with E-state index in [9.17, 15) is 23.2 Å². The Labute approximate surface area is 173 Å². The van der Waals surface area contributed by atoms with Gasteiger partial charge in [-0.05, 0) is 43.5 Å². The van der Waals surface area contributed by atoms with E-state index in [-0.39, 0.29) is 24.7 Å². The molecule has 0 bridgehead atoms. The second-order valence-corrected chi connectivity index (χ2v) is 7.50. The molecule has 1 saturated carbocycles. The van der Waals surface area contributed by atoms with Gasteiger partial charge in [0.15, 0.2) is 6.04 Å². The van der Waals surface area contributed by atoms with Gasteiger partial charge in [0.1, 0.15) is 6.61 Å². The van der Waals surface area contributed by atoms with E-state index in [1.807, 2.05) is 6.92 Å². The van der Waals surface area contributed by atoms with Crippen molar-refractivity contribution in [2.24, 2.45) is 11.7 Å². The molecule has 1 atom stereocenters. The number of morpholine rings is 1. The van der Waals surface area contributed by atoms with Crippen molar-refractivity contribution in [3.63, 3.8) is 0 Å². The van der Waals surface area contributed by atoms with Gasteiger partial charge in [0.25, 0.3) is 18.2 Å². The van der Waals surface area contributed by atoms with Crippen LogP contribution in [0.25, 0.3) is 0 Å². The number of nitrogens with one attached hydrogen (secondary N) is 1. The smallest absolute Gasteiger partial charge is 0.265 e. The number of rotatable bonds is 9. The molecule has 0 spiro atoms.